The van der Waals surface area contributed by atoms with Crippen LogP contribution in [0, 0.1) is 0 Å². The fourth-order valence-electron chi connectivity index (χ4n) is 2.44. The van der Waals surface area contributed by atoms with Gasteiger partial charge in [0.2, 0.25) is 5.91 Å². The predicted octanol–water partition coefficient (Wildman–Crippen LogP) is 3.17. The van der Waals surface area contributed by atoms with Crippen LogP contribution in [-0.2, 0) is 4.79 Å². The van der Waals surface area contributed by atoms with Crippen LogP contribution < -0.4 is 15.7 Å². The number of hydrogen-bond donors (Lipinski definition) is 1. The Morgan fingerprint density at radius 2 is 1.96 bits per heavy atom. The number of aromatic nitrogens is 3. The number of nitrogens with one attached hydrogen (secondary N) is 1. The number of amides is 1. The highest BCUT2D eigenvalue weighted by molar-refractivity contribution is 6.30. The zero-order valence-corrected chi connectivity index (χ0v) is 15.5. The van der Waals surface area contributed by atoms with Crippen molar-refractivity contribution in [2.75, 3.05) is 12.4 Å². The van der Waals surface area contributed by atoms with E-state index in [1.807, 2.05) is 0 Å². The second-order valence-corrected chi connectivity index (χ2v) is 6.21. The van der Waals surface area contributed by atoms with Crippen LogP contribution in [0.3, 0.4) is 0 Å². The van der Waals surface area contributed by atoms with Gasteiger partial charge in [-0.2, -0.15) is 10.1 Å². The molecule has 0 aliphatic rings. The highest BCUT2D eigenvalue weighted by atomic mass is 35.5. The Morgan fingerprint density at radius 1 is 1.22 bits per heavy atom. The summed E-state index contributed by atoms with van der Waals surface area (Å²) >= 11 is 5.91. The summed E-state index contributed by atoms with van der Waals surface area (Å²) in [6, 6.07) is 13.0. The summed E-state index contributed by atoms with van der Waals surface area (Å²) in [5.74, 6) is 0.303. The first-order chi connectivity index (χ1) is 13.0. The Bertz CT molecular complexity index is 1020. The molecule has 0 aliphatic carbocycles. The molecule has 0 spiro atoms. The highest BCUT2D eigenvalue weighted by Gasteiger charge is 2.18. The Hall–Kier alpha value is -3.19. The standard InChI is InChI=1S/C19H17ClN4O3/c1-12(18(25)22-15-5-3-4-14(20)10-15)24-19(26)23-17(11-21-24)13-6-8-16(27-2)9-7-13/h3-12H,1-2H3,(H,22,25). The van der Waals surface area contributed by atoms with Crippen LogP contribution in [0.4, 0.5) is 5.69 Å². The molecule has 0 fully saturated rings. The maximum absolute atomic E-state index is 12.4. The number of halogens is 1. The van der Waals surface area contributed by atoms with Crippen molar-refractivity contribution in [3.05, 3.63) is 70.2 Å². The lowest BCUT2D eigenvalue weighted by atomic mass is 10.1. The summed E-state index contributed by atoms with van der Waals surface area (Å²) in [5.41, 5.74) is 1.07. The van der Waals surface area contributed by atoms with Gasteiger partial charge in [-0.3, -0.25) is 4.79 Å². The molecule has 0 saturated carbocycles. The van der Waals surface area contributed by atoms with E-state index in [-0.39, 0.29) is 0 Å². The van der Waals surface area contributed by atoms with Crippen LogP contribution in [0.25, 0.3) is 11.3 Å². The molecule has 0 radical (unpaired) electrons. The summed E-state index contributed by atoms with van der Waals surface area (Å²) in [4.78, 5) is 28.8. The number of rotatable bonds is 5. The smallest absolute Gasteiger partial charge is 0.365 e. The number of carbonyl (C=O) groups is 1. The van der Waals surface area contributed by atoms with Gasteiger partial charge < -0.3 is 10.1 Å². The predicted molar refractivity (Wildman–Crippen MR) is 103 cm³/mol. The summed E-state index contributed by atoms with van der Waals surface area (Å²) in [7, 11) is 1.58. The van der Waals surface area contributed by atoms with Crippen molar-refractivity contribution in [2.45, 2.75) is 13.0 Å². The topological polar surface area (TPSA) is 86.1 Å². The normalized spacial score (nSPS) is 11.7. The van der Waals surface area contributed by atoms with Gasteiger partial charge in [0.1, 0.15) is 11.8 Å². The molecule has 1 N–H and O–H groups in total. The number of ether oxygens (including phenoxy) is 1. The molecule has 7 nitrogen and oxygen atoms in total. The van der Waals surface area contributed by atoms with E-state index in [0.29, 0.717) is 22.2 Å². The fraction of sp³-hybridized carbons (Fsp3) is 0.158. The molecule has 138 valence electrons. The molecule has 1 amide bonds. The first-order valence-electron chi connectivity index (χ1n) is 8.14. The summed E-state index contributed by atoms with van der Waals surface area (Å²) < 4.78 is 6.14. The third-order valence-corrected chi connectivity index (χ3v) is 4.18. The minimum Gasteiger partial charge on any atom is -0.497 e. The SMILES string of the molecule is COc1ccc(-c2cnn(C(C)C(=O)Nc3cccc(Cl)c3)c(=O)n2)cc1. The summed E-state index contributed by atoms with van der Waals surface area (Å²) in [6.45, 7) is 1.57. The van der Waals surface area contributed by atoms with E-state index >= 15 is 0 Å². The number of benzene rings is 2. The van der Waals surface area contributed by atoms with E-state index in [4.69, 9.17) is 16.3 Å². The van der Waals surface area contributed by atoms with E-state index in [9.17, 15) is 9.59 Å². The molecule has 1 aromatic heterocycles. The molecular formula is C19H17ClN4O3. The van der Waals surface area contributed by atoms with Gasteiger partial charge >= 0.3 is 5.69 Å². The second-order valence-electron chi connectivity index (χ2n) is 5.77. The molecule has 1 atom stereocenters. The maximum atomic E-state index is 12.4. The summed E-state index contributed by atoms with van der Waals surface area (Å²) in [6.07, 6.45) is 1.45. The van der Waals surface area contributed by atoms with Crippen molar-refractivity contribution in [3.63, 3.8) is 0 Å². The molecule has 3 rings (SSSR count). The van der Waals surface area contributed by atoms with Gasteiger partial charge in [0.15, 0.2) is 0 Å². The molecule has 2 aromatic carbocycles. The number of carbonyl (C=O) groups excluding carboxylic acids is 1. The lowest BCUT2D eigenvalue weighted by Crippen LogP contribution is -2.34. The largest absolute Gasteiger partial charge is 0.497 e. The average molecular weight is 385 g/mol. The maximum Gasteiger partial charge on any atom is 0.365 e. The first kappa shape index (κ1) is 18.6. The van der Waals surface area contributed by atoms with Crippen molar-refractivity contribution < 1.29 is 9.53 Å². The van der Waals surface area contributed by atoms with Gasteiger partial charge in [-0.05, 0) is 49.4 Å². The van der Waals surface area contributed by atoms with E-state index < -0.39 is 17.6 Å². The van der Waals surface area contributed by atoms with Crippen LogP contribution >= 0.6 is 11.6 Å². The van der Waals surface area contributed by atoms with Gasteiger partial charge in [0.05, 0.1) is 19.0 Å². The minimum atomic E-state index is -0.839. The van der Waals surface area contributed by atoms with Crippen molar-refractivity contribution in [1.29, 1.82) is 0 Å². The van der Waals surface area contributed by atoms with Gasteiger partial charge in [0.25, 0.3) is 0 Å². The Kier molecular flexibility index (Phi) is 5.52. The zero-order valence-electron chi connectivity index (χ0n) is 14.7. The van der Waals surface area contributed by atoms with Crippen molar-refractivity contribution in [2.24, 2.45) is 0 Å². The molecule has 0 bridgehead atoms. The number of methoxy groups -OCH3 is 1. The van der Waals surface area contributed by atoms with Gasteiger partial charge in [-0.1, -0.05) is 17.7 Å². The average Bonchev–Trinajstić information content (AvgIpc) is 2.67. The van der Waals surface area contributed by atoms with Gasteiger partial charge in [-0.25, -0.2) is 9.48 Å². The molecule has 0 saturated heterocycles. The van der Waals surface area contributed by atoms with Crippen LogP contribution in [0.2, 0.25) is 5.02 Å². The molecule has 27 heavy (non-hydrogen) atoms. The number of hydrogen-bond acceptors (Lipinski definition) is 5. The third-order valence-electron chi connectivity index (χ3n) is 3.94. The molecule has 1 heterocycles. The summed E-state index contributed by atoms with van der Waals surface area (Å²) in [5, 5.41) is 7.30. The van der Waals surface area contributed by atoms with Crippen molar-refractivity contribution in [1.82, 2.24) is 14.8 Å². The van der Waals surface area contributed by atoms with E-state index in [1.165, 1.54) is 6.20 Å². The Morgan fingerprint density at radius 3 is 2.59 bits per heavy atom. The third kappa shape index (κ3) is 4.32. The van der Waals surface area contributed by atoms with E-state index in [1.54, 1.807) is 62.6 Å². The zero-order chi connectivity index (χ0) is 19.4. The minimum absolute atomic E-state index is 0.397. The quantitative estimate of drug-likeness (QED) is 0.730. The van der Waals surface area contributed by atoms with E-state index in [0.717, 1.165) is 10.2 Å². The fourth-order valence-corrected chi connectivity index (χ4v) is 2.63. The highest BCUT2D eigenvalue weighted by Crippen LogP contribution is 2.19. The molecule has 3 aromatic rings. The van der Waals surface area contributed by atoms with Crippen LogP contribution in [-0.4, -0.2) is 27.8 Å². The van der Waals surface area contributed by atoms with Gasteiger partial charge in [0, 0.05) is 16.3 Å². The number of nitrogens with zero attached hydrogens (tertiary/aromatic N) is 3. The van der Waals surface area contributed by atoms with Crippen LogP contribution in [0.5, 0.6) is 5.75 Å². The Labute approximate surface area is 160 Å². The van der Waals surface area contributed by atoms with Gasteiger partial charge in [-0.15, -0.1) is 0 Å². The van der Waals surface area contributed by atoms with Crippen LogP contribution in [0.1, 0.15) is 13.0 Å². The molecular weight excluding hydrogens is 368 g/mol. The second kappa shape index (κ2) is 8.01. The van der Waals surface area contributed by atoms with Crippen LogP contribution in [0.15, 0.2) is 59.5 Å². The first-order valence-corrected chi connectivity index (χ1v) is 8.52. The monoisotopic (exact) mass is 384 g/mol. The van der Waals surface area contributed by atoms with Crippen molar-refractivity contribution >= 4 is 23.2 Å². The molecule has 0 aliphatic heterocycles. The lowest BCUT2D eigenvalue weighted by molar-refractivity contribution is -0.119. The number of anilines is 1. The van der Waals surface area contributed by atoms with E-state index in [2.05, 4.69) is 15.4 Å². The molecule has 8 heteroatoms. The van der Waals surface area contributed by atoms with Crippen molar-refractivity contribution in [3.8, 4) is 17.0 Å². The molecule has 1 unspecified atom stereocenters. The lowest BCUT2D eigenvalue weighted by Gasteiger charge is -2.14. The Balaban J connectivity index is 1.79.